The molecule has 4 rings (SSSR count). The zero-order chi connectivity index (χ0) is 30.3. The van der Waals surface area contributed by atoms with Gasteiger partial charge < -0.3 is 19.8 Å². The standard InChI is InChI=1S/C33H36FN5O3/c1-6-22(2)38-32(33(4,35)20-24-11-8-7-9-12-24)42-23(3)25-17-26(30-37-15-16-41-30)19-27(18-25)31(40)39(5)21-29-28(34)13-10-14-36-29/h7-19,22H,3,6,20-21,35H2,1-2,4-5H3. The van der Waals surface area contributed by atoms with Gasteiger partial charge in [-0.15, -0.1) is 0 Å². The Balaban J connectivity index is 1.67. The molecule has 42 heavy (non-hydrogen) atoms. The van der Waals surface area contributed by atoms with Gasteiger partial charge in [-0.1, -0.05) is 43.8 Å². The van der Waals surface area contributed by atoms with Crippen LogP contribution in [0.25, 0.3) is 17.2 Å². The first-order chi connectivity index (χ1) is 20.1. The van der Waals surface area contributed by atoms with Crippen LogP contribution in [0.15, 0.2) is 95.3 Å². The second-order valence-corrected chi connectivity index (χ2v) is 10.5. The van der Waals surface area contributed by atoms with Gasteiger partial charge in [0.15, 0.2) is 0 Å². The number of nitrogens with two attached hydrogens (primary N) is 1. The van der Waals surface area contributed by atoms with E-state index in [1.165, 1.54) is 35.7 Å². The van der Waals surface area contributed by atoms with Crippen LogP contribution in [-0.2, 0) is 17.7 Å². The topological polar surface area (TPSA) is 107 Å². The molecular formula is C33H36FN5O3. The number of aliphatic imine (C=N–C) groups is 1. The predicted octanol–water partition coefficient (Wildman–Crippen LogP) is 6.29. The maximum atomic E-state index is 14.2. The summed E-state index contributed by atoms with van der Waals surface area (Å²) in [5, 5.41) is 0. The smallest absolute Gasteiger partial charge is 0.253 e. The minimum absolute atomic E-state index is 0.0156. The highest BCUT2D eigenvalue weighted by molar-refractivity contribution is 5.97. The predicted molar refractivity (Wildman–Crippen MR) is 162 cm³/mol. The molecule has 2 atom stereocenters. The Bertz CT molecular complexity index is 1550. The average molecular weight is 570 g/mol. The molecule has 2 N–H and O–H groups in total. The normalized spacial score (nSPS) is 13.7. The molecule has 0 bridgehead atoms. The fourth-order valence-corrected chi connectivity index (χ4v) is 4.31. The number of rotatable bonds is 11. The highest BCUT2D eigenvalue weighted by Crippen LogP contribution is 2.28. The molecule has 2 unspecified atom stereocenters. The van der Waals surface area contributed by atoms with Crippen LogP contribution in [0.4, 0.5) is 4.39 Å². The lowest BCUT2D eigenvalue weighted by atomic mass is 9.93. The van der Waals surface area contributed by atoms with Crippen molar-refractivity contribution < 1.29 is 18.3 Å². The zero-order valence-corrected chi connectivity index (χ0v) is 24.4. The summed E-state index contributed by atoms with van der Waals surface area (Å²) >= 11 is 0. The van der Waals surface area contributed by atoms with Crippen molar-refractivity contribution in [1.29, 1.82) is 0 Å². The molecule has 0 aliphatic carbocycles. The Morgan fingerprint density at radius 2 is 1.88 bits per heavy atom. The van der Waals surface area contributed by atoms with Gasteiger partial charge in [-0.05, 0) is 62.6 Å². The number of oxazole rings is 1. The van der Waals surface area contributed by atoms with Gasteiger partial charge in [0.1, 0.15) is 17.8 Å². The van der Waals surface area contributed by atoms with Crippen LogP contribution < -0.4 is 5.73 Å². The fraction of sp³-hybridized carbons (Fsp3) is 0.273. The lowest BCUT2D eigenvalue weighted by molar-refractivity contribution is 0.0782. The van der Waals surface area contributed by atoms with Crippen LogP contribution in [0.2, 0.25) is 0 Å². The average Bonchev–Trinajstić information content (AvgIpc) is 3.53. The van der Waals surface area contributed by atoms with Gasteiger partial charge in [-0.25, -0.2) is 9.37 Å². The van der Waals surface area contributed by atoms with Crippen LogP contribution >= 0.6 is 0 Å². The van der Waals surface area contributed by atoms with E-state index < -0.39 is 11.4 Å². The third-order valence-corrected chi connectivity index (χ3v) is 6.80. The van der Waals surface area contributed by atoms with E-state index in [0.717, 1.165) is 12.0 Å². The number of ether oxygens (including phenoxy) is 1. The number of carbonyl (C=O) groups is 1. The van der Waals surface area contributed by atoms with Crippen molar-refractivity contribution >= 4 is 17.6 Å². The molecule has 1 amide bonds. The fourth-order valence-electron chi connectivity index (χ4n) is 4.31. The molecule has 2 aromatic carbocycles. The molecule has 4 aromatic rings. The Kier molecular flexibility index (Phi) is 9.64. The second kappa shape index (κ2) is 13.4. The Hall–Kier alpha value is -4.63. The van der Waals surface area contributed by atoms with E-state index in [-0.39, 0.29) is 29.9 Å². The molecule has 2 aromatic heterocycles. The first-order valence-electron chi connectivity index (χ1n) is 13.8. The largest absolute Gasteiger partial charge is 0.445 e. The molecule has 0 saturated carbocycles. The summed E-state index contributed by atoms with van der Waals surface area (Å²) < 4.78 is 26.1. The summed E-state index contributed by atoms with van der Waals surface area (Å²) in [6.45, 7) is 10.1. The summed E-state index contributed by atoms with van der Waals surface area (Å²) in [6.07, 6.45) is 5.74. The number of hydrogen-bond donors (Lipinski definition) is 1. The number of aromatic nitrogens is 2. The molecule has 0 spiro atoms. The number of halogens is 1. The monoisotopic (exact) mass is 569 g/mol. The molecule has 218 valence electrons. The van der Waals surface area contributed by atoms with Gasteiger partial charge in [0, 0.05) is 29.9 Å². The maximum Gasteiger partial charge on any atom is 0.253 e. The van der Waals surface area contributed by atoms with Gasteiger partial charge >= 0.3 is 0 Å². The van der Waals surface area contributed by atoms with Gasteiger partial charge in [0.05, 0.1) is 30.0 Å². The molecule has 0 aliphatic rings. The van der Waals surface area contributed by atoms with Gasteiger partial charge in [-0.3, -0.25) is 14.8 Å². The van der Waals surface area contributed by atoms with E-state index in [1.807, 2.05) is 51.1 Å². The minimum atomic E-state index is -0.945. The summed E-state index contributed by atoms with van der Waals surface area (Å²) in [5.41, 5.74) is 8.44. The number of nitrogens with zero attached hydrogens (tertiary/aromatic N) is 4. The zero-order valence-electron chi connectivity index (χ0n) is 24.4. The third kappa shape index (κ3) is 7.55. The summed E-state index contributed by atoms with van der Waals surface area (Å²) in [4.78, 5) is 28.0. The molecule has 0 fully saturated rings. The first kappa shape index (κ1) is 30.3. The Morgan fingerprint density at radius 3 is 2.55 bits per heavy atom. The highest BCUT2D eigenvalue weighted by Gasteiger charge is 2.30. The van der Waals surface area contributed by atoms with Crippen LogP contribution in [0, 0.1) is 5.82 Å². The van der Waals surface area contributed by atoms with Gasteiger partial charge in [0.25, 0.3) is 5.91 Å². The molecule has 8 nitrogen and oxygen atoms in total. The summed E-state index contributed by atoms with van der Waals surface area (Å²) in [7, 11) is 1.58. The van der Waals surface area contributed by atoms with Crippen molar-refractivity contribution in [3.63, 3.8) is 0 Å². The molecule has 0 aliphatic heterocycles. The number of pyridine rings is 1. The maximum absolute atomic E-state index is 14.2. The van der Waals surface area contributed by atoms with Crippen molar-refractivity contribution in [3.05, 3.63) is 114 Å². The molecule has 9 heteroatoms. The van der Waals surface area contributed by atoms with Crippen molar-refractivity contribution in [3.8, 4) is 11.5 Å². The number of benzene rings is 2. The van der Waals surface area contributed by atoms with E-state index in [0.29, 0.717) is 34.9 Å². The van der Waals surface area contributed by atoms with Gasteiger partial charge in [-0.2, -0.15) is 0 Å². The lowest BCUT2D eigenvalue weighted by Crippen LogP contribution is -2.48. The van der Waals surface area contributed by atoms with E-state index in [2.05, 4.69) is 16.5 Å². The third-order valence-electron chi connectivity index (χ3n) is 6.80. The number of amides is 1. The quantitative estimate of drug-likeness (QED) is 0.129. The number of hydrogen-bond acceptors (Lipinski definition) is 7. The van der Waals surface area contributed by atoms with E-state index in [4.69, 9.17) is 19.9 Å². The van der Waals surface area contributed by atoms with Crippen molar-refractivity contribution in [2.45, 2.75) is 51.7 Å². The van der Waals surface area contributed by atoms with Crippen LogP contribution in [0.5, 0.6) is 0 Å². The van der Waals surface area contributed by atoms with Crippen molar-refractivity contribution in [2.75, 3.05) is 7.05 Å². The van der Waals surface area contributed by atoms with Crippen LogP contribution in [0.1, 0.15) is 54.4 Å². The molecular weight excluding hydrogens is 533 g/mol. The Labute approximate surface area is 245 Å². The van der Waals surface area contributed by atoms with E-state index in [1.54, 1.807) is 25.2 Å². The van der Waals surface area contributed by atoms with Crippen molar-refractivity contribution in [2.24, 2.45) is 10.7 Å². The van der Waals surface area contributed by atoms with Crippen LogP contribution in [-0.4, -0.2) is 45.3 Å². The lowest BCUT2D eigenvalue weighted by Gasteiger charge is -2.28. The molecule has 0 radical (unpaired) electrons. The Morgan fingerprint density at radius 1 is 1.14 bits per heavy atom. The SMILES string of the molecule is C=C(OC(=NC(C)CC)C(C)(N)Cc1ccccc1)c1cc(C(=O)N(C)Cc2ncccc2F)cc(-c2ncco2)c1. The van der Waals surface area contributed by atoms with Gasteiger partial charge in [0.2, 0.25) is 11.8 Å². The highest BCUT2D eigenvalue weighted by atomic mass is 19.1. The first-order valence-corrected chi connectivity index (χ1v) is 13.8. The van der Waals surface area contributed by atoms with E-state index >= 15 is 0 Å². The van der Waals surface area contributed by atoms with Crippen LogP contribution in [0.3, 0.4) is 0 Å². The van der Waals surface area contributed by atoms with E-state index in [9.17, 15) is 9.18 Å². The molecule has 0 saturated heterocycles. The molecule has 2 heterocycles. The summed E-state index contributed by atoms with van der Waals surface area (Å²) in [5.74, 6) is 0.0641. The van der Waals surface area contributed by atoms with Crippen molar-refractivity contribution in [1.82, 2.24) is 14.9 Å². The number of carbonyl (C=O) groups excluding carboxylic acids is 1. The summed E-state index contributed by atoms with van der Waals surface area (Å²) in [6, 6.07) is 17.8. The minimum Gasteiger partial charge on any atom is -0.445 e. The second-order valence-electron chi connectivity index (χ2n) is 10.5.